The van der Waals surface area contributed by atoms with Gasteiger partial charge in [0.25, 0.3) is 5.91 Å². The average molecular weight is 1620 g/mol. The van der Waals surface area contributed by atoms with Gasteiger partial charge in [-0.15, -0.1) is 0 Å². The Bertz CT molecular complexity index is 4140. The molecule has 38 heteroatoms. The summed E-state index contributed by atoms with van der Waals surface area (Å²) in [7, 11) is 1.50. The first-order valence-corrected chi connectivity index (χ1v) is 39.6. The lowest BCUT2D eigenvalue weighted by Gasteiger charge is -2.30. The number of aliphatic hydroxyl groups is 3. The second kappa shape index (κ2) is 46.8. The molecule has 4 aromatic carbocycles. The van der Waals surface area contributed by atoms with Crippen molar-refractivity contribution in [2.45, 2.75) is 183 Å². The number of aliphatic hydroxyl groups excluding tert-OH is 3. The number of carbonyl (C=O) groups is 14. The molecule has 0 unspecified atom stereocenters. The highest BCUT2D eigenvalue weighted by Gasteiger charge is 2.40. The number of fused-ring (bicyclic) bond motifs is 1. The number of nitriles is 1. The number of para-hydroxylation sites is 1. The number of carboxylic acid groups (broad SMARTS) is 1. The molecule has 0 aliphatic carbocycles. The summed E-state index contributed by atoms with van der Waals surface area (Å²) in [5.41, 5.74) is 20.0. The summed E-state index contributed by atoms with van der Waals surface area (Å²) in [5.74, 6) is -16.5. The van der Waals surface area contributed by atoms with E-state index < -0.39 is 198 Å². The van der Waals surface area contributed by atoms with Crippen molar-refractivity contribution >= 4 is 115 Å². The molecule has 616 valence electrons. The molecule has 1 fully saturated rings. The molecule has 1 aromatic heterocycles. The summed E-state index contributed by atoms with van der Waals surface area (Å²) in [5, 5.41) is 84.5. The Morgan fingerprint density at radius 2 is 0.939 bits per heavy atom. The van der Waals surface area contributed by atoms with Crippen molar-refractivity contribution in [2.24, 2.45) is 17.2 Å². The predicted octanol–water partition coefficient (Wildman–Crippen LogP) is -3.58. The molecule has 6 rings (SSSR count). The zero-order valence-corrected chi connectivity index (χ0v) is 65.1. The number of amides is 13. The van der Waals surface area contributed by atoms with Crippen molar-refractivity contribution in [2.75, 3.05) is 37.7 Å². The van der Waals surface area contributed by atoms with Crippen LogP contribution in [0.4, 0.5) is 0 Å². The van der Waals surface area contributed by atoms with Crippen molar-refractivity contribution in [3.63, 3.8) is 0 Å². The van der Waals surface area contributed by atoms with E-state index in [1.807, 2.05) is 0 Å². The molecule has 114 heavy (non-hydrogen) atoms. The first kappa shape index (κ1) is 91.8. The van der Waals surface area contributed by atoms with Crippen LogP contribution < -0.4 is 81.0 Å². The molecule has 1 saturated heterocycles. The highest BCUT2D eigenvalue weighted by Crippen LogP contribution is 2.25. The number of hydrogen-bond acceptors (Lipinski definition) is 23. The van der Waals surface area contributed by atoms with Crippen molar-refractivity contribution in [1.29, 1.82) is 5.26 Å². The van der Waals surface area contributed by atoms with Crippen molar-refractivity contribution < 1.29 is 87.5 Å². The van der Waals surface area contributed by atoms with E-state index in [4.69, 9.17) is 17.2 Å². The quantitative estimate of drug-likeness (QED) is 0.0161. The van der Waals surface area contributed by atoms with E-state index in [0.29, 0.717) is 44.5 Å². The standard InChI is InChI=1S/C76H102N18O18S2/c1-42(80)64(99)82-37-61(98)83-59-39-113-114-40-60(76(111)112)91-71(106)58(38-95)90-74(109)63(45(4)97)93-70(105)56(34-48-24-12-7-13-25-48)89-73(108)62(44(3)96)92-66(101)52(28-16-18-30-77)84-69(104)57(35-49-36-81-51-27-15-14-26-50(49)51)88-68(103)55(33-47-22-10-6-11-23-47)87-67(102)54(32-46-20-8-5-9-21-46)86-65(100)43(2)94(41-79)75(110)53(85-72(59)107)29-17-19-31-78/h5-15,20-27,36,42-45,52-60,62-63,81,95-97H,16-19,28-35,37-40,77-78,80H2,1-4H3,(H,82,99)(H,83,98)(H,84,104)(H,85,107)(H,86,100)(H,87,102)(H,88,103)(H,89,108)(H,90,109)(H,91,106)(H,92,101)(H,93,105)(H,111,112)/t42-,43-,44+,45+,52-,53-,54-,55-,56-,57-,58-,59-,60-,62-,63-/m0/s1. The summed E-state index contributed by atoms with van der Waals surface area (Å²) in [4.78, 5) is 204. The third kappa shape index (κ3) is 28.9. The zero-order chi connectivity index (χ0) is 83.6. The van der Waals surface area contributed by atoms with Crippen LogP contribution >= 0.6 is 21.6 Å². The van der Waals surface area contributed by atoms with Crippen LogP contribution in [-0.2, 0) is 92.8 Å². The SMILES string of the molecule is C[C@H](N)C(=O)NCC(=O)N[C@H]1CSSC[C@@H](C(=O)O)NC(=O)[C@H](CO)NC(=O)[C@H]([C@@H](C)O)NC(=O)[C@H](Cc2ccccc2)NC(=O)[C@H]([C@@H](C)O)NC(=O)[C@H](CCCCN)NC(=O)[C@H](Cc2c[nH]c3ccccc23)NC(=O)[C@H](Cc2ccccc2)NC(=O)[C@H](Cc2ccccc2)NC(=O)[C@H](C)N(C#N)C(=O)[C@H](CCCCN)NC1=O. The Hall–Kier alpha value is -11.1. The highest BCUT2D eigenvalue weighted by molar-refractivity contribution is 8.76. The van der Waals surface area contributed by atoms with Crippen LogP contribution in [0.15, 0.2) is 121 Å². The molecular weight excluding hydrogens is 1520 g/mol. The van der Waals surface area contributed by atoms with E-state index in [-0.39, 0.29) is 70.9 Å². The summed E-state index contributed by atoms with van der Waals surface area (Å²) >= 11 is 0. The molecule has 2 heterocycles. The Morgan fingerprint density at radius 1 is 0.526 bits per heavy atom. The molecule has 13 amide bonds. The molecule has 36 nitrogen and oxygen atoms in total. The third-order valence-corrected chi connectivity index (χ3v) is 20.8. The number of carbonyl (C=O) groups excluding carboxylic acids is 13. The van der Waals surface area contributed by atoms with Crippen LogP contribution in [0.1, 0.15) is 88.5 Å². The fraction of sp³-hybridized carbons (Fsp3) is 0.461. The van der Waals surface area contributed by atoms with Crippen LogP contribution in [-0.4, -0.2) is 242 Å². The van der Waals surface area contributed by atoms with Gasteiger partial charge in [-0.05, 0) is 108 Å². The van der Waals surface area contributed by atoms with E-state index in [1.54, 1.807) is 128 Å². The maximum absolute atomic E-state index is 15.4. The Morgan fingerprint density at radius 3 is 1.41 bits per heavy atom. The first-order valence-electron chi connectivity index (χ1n) is 37.1. The third-order valence-electron chi connectivity index (χ3n) is 18.3. The highest BCUT2D eigenvalue weighted by atomic mass is 33.1. The maximum atomic E-state index is 15.4. The summed E-state index contributed by atoms with van der Waals surface area (Å²) in [6.45, 7) is 3.07. The summed E-state index contributed by atoms with van der Waals surface area (Å²) < 4.78 is 0. The molecule has 1 aliphatic rings. The number of hydrogen-bond donors (Lipinski definition) is 20. The van der Waals surface area contributed by atoms with Crippen molar-refractivity contribution in [3.8, 4) is 6.19 Å². The van der Waals surface area contributed by atoms with E-state index in [0.717, 1.165) is 35.4 Å². The molecule has 0 radical (unpaired) electrons. The second-order valence-electron chi connectivity index (χ2n) is 27.3. The molecule has 0 spiro atoms. The Kier molecular flexibility index (Phi) is 37.7. The zero-order valence-electron chi connectivity index (χ0n) is 63.5. The molecule has 5 aromatic rings. The number of nitrogens with one attached hydrogen (secondary N) is 13. The largest absolute Gasteiger partial charge is 0.480 e. The number of H-pyrrole nitrogens is 1. The van der Waals surface area contributed by atoms with Gasteiger partial charge in [0.2, 0.25) is 70.9 Å². The molecule has 0 saturated carbocycles. The number of benzene rings is 4. The van der Waals surface area contributed by atoms with E-state index in [2.05, 4.69) is 68.8 Å². The number of unbranched alkanes of at least 4 members (excludes halogenated alkanes) is 2. The van der Waals surface area contributed by atoms with Crippen molar-refractivity contribution in [3.05, 3.63) is 144 Å². The van der Waals surface area contributed by atoms with E-state index in [9.17, 15) is 78.4 Å². The van der Waals surface area contributed by atoms with Crippen LogP contribution in [0.2, 0.25) is 0 Å². The Labute approximate surface area is 666 Å². The number of aliphatic carboxylic acids is 1. The summed E-state index contributed by atoms with van der Waals surface area (Å²) in [6, 6.07) is 9.98. The predicted molar refractivity (Wildman–Crippen MR) is 421 cm³/mol. The van der Waals surface area contributed by atoms with Gasteiger partial charge in [0.15, 0.2) is 6.19 Å². The van der Waals surface area contributed by atoms with Gasteiger partial charge in [-0.2, -0.15) is 5.26 Å². The molecule has 15 atom stereocenters. The van der Waals surface area contributed by atoms with Gasteiger partial charge < -0.3 is 106 Å². The van der Waals surface area contributed by atoms with Gasteiger partial charge >= 0.3 is 5.97 Å². The lowest BCUT2D eigenvalue weighted by molar-refractivity contribution is -0.142. The lowest BCUT2D eigenvalue weighted by Crippen LogP contribution is -2.63. The van der Waals surface area contributed by atoms with Gasteiger partial charge in [-0.1, -0.05) is 131 Å². The first-order chi connectivity index (χ1) is 54.5. The molecule has 23 N–H and O–H groups in total. The lowest BCUT2D eigenvalue weighted by atomic mass is 10.00. The second-order valence-corrected chi connectivity index (χ2v) is 29.9. The van der Waals surface area contributed by atoms with Gasteiger partial charge in [0.1, 0.15) is 72.5 Å². The minimum atomic E-state index is -1.98. The maximum Gasteiger partial charge on any atom is 0.327 e. The molecule has 0 bridgehead atoms. The topological polar surface area (TPSA) is 585 Å². The number of nitrogens with zero attached hydrogens (tertiary/aromatic N) is 2. The molecule has 1 aliphatic heterocycles. The number of aromatic amines is 1. The number of nitrogens with two attached hydrogens (primary N) is 3. The van der Waals surface area contributed by atoms with E-state index in [1.165, 1.54) is 13.8 Å². The fourth-order valence-electron chi connectivity index (χ4n) is 11.9. The fourth-order valence-corrected chi connectivity index (χ4v) is 14.2. The van der Waals surface area contributed by atoms with Crippen molar-refractivity contribution in [1.82, 2.24) is 73.7 Å². The normalized spacial score (nSPS) is 23.9. The summed E-state index contributed by atoms with van der Waals surface area (Å²) in [6.07, 6.45) is -0.770. The van der Waals surface area contributed by atoms with Gasteiger partial charge in [0.05, 0.1) is 31.4 Å². The van der Waals surface area contributed by atoms with Gasteiger partial charge in [0, 0.05) is 54.3 Å². The van der Waals surface area contributed by atoms with Crippen LogP contribution in [0.3, 0.4) is 0 Å². The van der Waals surface area contributed by atoms with Crippen LogP contribution in [0.25, 0.3) is 10.9 Å². The smallest absolute Gasteiger partial charge is 0.327 e. The Balaban J connectivity index is 1.46. The minimum Gasteiger partial charge on any atom is -0.480 e. The van der Waals surface area contributed by atoms with E-state index >= 15 is 14.4 Å². The number of aromatic nitrogens is 1. The number of carboxylic acids is 1. The minimum absolute atomic E-state index is 0.105. The van der Waals surface area contributed by atoms with Gasteiger partial charge in [-0.25, -0.2) is 9.69 Å². The monoisotopic (exact) mass is 1620 g/mol. The number of rotatable bonds is 24. The average Bonchev–Trinajstić information content (AvgIpc) is 1.58. The molecular formula is C76H102N18O18S2. The van der Waals surface area contributed by atoms with Crippen LogP contribution in [0, 0.1) is 11.5 Å². The van der Waals surface area contributed by atoms with Gasteiger partial charge in [-0.3, -0.25) is 62.3 Å². The van der Waals surface area contributed by atoms with Crippen LogP contribution in [0.5, 0.6) is 0 Å².